The topological polar surface area (TPSA) is 101 Å². The maximum Gasteiger partial charge on any atom is 0.258 e. The van der Waals surface area contributed by atoms with Gasteiger partial charge in [0.15, 0.2) is 8.38 Å². The maximum absolute atomic E-state index is 9.40. The number of benzene rings is 2. The van der Waals surface area contributed by atoms with Gasteiger partial charge in [-0.3, -0.25) is 0 Å². The van der Waals surface area contributed by atoms with Crippen molar-refractivity contribution in [3.8, 4) is 28.6 Å². The van der Waals surface area contributed by atoms with Gasteiger partial charge in [0, 0.05) is 28.5 Å². The van der Waals surface area contributed by atoms with Crippen LogP contribution in [0.5, 0.6) is 5.75 Å². The number of ether oxygens (including phenoxy) is 1. The average Bonchev–Trinajstić information content (AvgIpc) is 3.40. The maximum atomic E-state index is 9.40. The van der Waals surface area contributed by atoms with E-state index in [1.54, 1.807) is 12.1 Å². The molecule has 0 saturated heterocycles. The summed E-state index contributed by atoms with van der Waals surface area (Å²) in [6.07, 6.45) is 2.59. The third-order valence-electron chi connectivity index (χ3n) is 5.21. The van der Waals surface area contributed by atoms with Crippen molar-refractivity contribution in [2.24, 2.45) is 0 Å². The Morgan fingerprint density at radius 1 is 1.13 bits per heavy atom. The Kier molecular flexibility index (Phi) is 6.77. The molecule has 7 nitrogen and oxygen atoms in total. The molecule has 31 heavy (non-hydrogen) atoms. The molecule has 1 heterocycles. The lowest BCUT2D eigenvalue weighted by atomic mass is 10.1. The first kappa shape index (κ1) is 22.0. The molecule has 2 atom stereocenters. The number of halogens is 1. The zero-order chi connectivity index (χ0) is 22.0. The van der Waals surface area contributed by atoms with Crippen molar-refractivity contribution in [2.75, 3.05) is 5.32 Å². The summed E-state index contributed by atoms with van der Waals surface area (Å²) in [6.45, 7) is 3.89. The van der Waals surface area contributed by atoms with E-state index < -0.39 is 8.38 Å². The van der Waals surface area contributed by atoms with Crippen LogP contribution in [0.15, 0.2) is 47.0 Å². The Morgan fingerprint density at radius 2 is 1.87 bits per heavy atom. The molecule has 164 valence electrons. The monoisotopic (exact) mass is 461 g/mol. The van der Waals surface area contributed by atoms with Crippen LogP contribution >= 0.6 is 20.0 Å². The van der Waals surface area contributed by atoms with E-state index in [-0.39, 0.29) is 17.8 Å². The summed E-state index contributed by atoms with van der Waals surface area (Å²) >= 11 is 6.32. The van der Waals surface area contributed by atoms with Gasteiger partial charge in [-0.15, -0.1) is 0 Å². The van der Waals surface area contributed by atoms with Gasteiger partial charge in [0.25, 0.3) is 5.89 Å². The first-order chi connectivity index (χ1) is 14.9. The Balaban J connectivity index is 1.43. The minimum atomic E-state index is -1.85. The third-order valence-corrected chi connectivity index (χ3v) is 6.63. The van der Waals surface area contributed by atoms with Crippen molar-refractivity contribution >= 4 is 25.7 Å². The molecule has 0 spiro atoms. The zero-order valence-corrected chi connectivity index (χ0v) is 19.0. The molecule has 2 unspecified atom stereocenters. The molecule has 9 heteroatoms. The van der Waals surface area contributed by atoms with Gasteiger partial charge in [-0.05, 0) is 75.6 Å². The second kappa shape index (κ2) is 9.53. The molecule has 3 N–H and O–H groups in total. The molecular formula is C22H25ClN3O4P. The number of nitrogens with one attached hydrogen (secondary N) is 1. The molecule has 2 aromatic carbocycles. The SMILES string of the molecule is CC(C)Oc1ccc(-c2noc(-c3ccc(NC4CCC(P(O)O)C4)cc3)n2)cc1Cl. The summed E-state index contributed by atoms with van der Waals surface area (Å²) in [5.74, 6) is 1.50. The van der Waals surface area contributed by atoms with Crippen LogP contribution in [0.25, 0.3) is 22.8 Å². The second-order valence-electron chi connectivity index (χ2n) is 7.94. The van der Waals surface area contributed by atoms with E-state index in [4.69, 9.17) is 20.9 Å². The van der Waals surface area contributed by atoms with Gasteiger partial charge in [0.2, 0.25) is 5.82 Å². The molecule has 1 aliphatic carbocycles. The lowest BCUT2D eigenvalue weighted by Gasteiger charge is -2.15. The highest BCUT2D eigenvalue weighted by Crippen LogP contribution is 2.42. The van der Waals surface area contributed by atoms with Crippen LogP contribution in [-0.2, 0) is 0 Å². The largest absolute Gasteiger partial charge is 0.489 e. The number of hydrogen-bond acceptors (Lipinski definition) is 7. The normalized spacial score (nSPS) is 18.7. The van der Waals surface area contributed by atoms with Crippen LogP contribution < -0.4 is 10.1 Å². The van der Waals surface area contributed by atoms with Gasteiger partial charge in [0.05, 0.1) is 11.1 Å². The molecule has 1 aliphatic rings. The quantitative estimate of drug-likeness (QED) is 0.401. The van der Waals surface area contributed by atoms with E-state index in [0.717, 1.165) is 36.1 Å². The summed E-state index contributed by atoms with van der Waals surface area (Å²) in [5.41, 5.74) is 2.54. The Bertz CT molecular complexity index is 1030. The van der Waals surface area contributed by atoms with E-state index in [1.165, 1.54) is 0 Å². The van der Waals surface area contributed by atoms with Gasteiger partial charge in [-0.1, -0.05) is 16.8 Å². The van der Waals surface area contributed by atoms with E-state index in [2.05, 4.69) is 15.5 Å². The molecule has 1 fully saturated rings. The molecule has 0 amide bonds. The van der Waals surface area contributed by atoms with E-state index in [0.29, 0.717) is 22.5 Å². The van der Waals surface area contributed by atoms with E-state index >= 15 is 0 Å². The van der Waals surface area contributed by atoms with E-state index in [1.807, 2.05) is 44.2 Å². The average molecular weight is 462 g/mol. The van der Waals surface area contributed by atoms with Gasteiger partial charge in [-0.2, -0.15) is 4.98 Å². The van der Waals surface area contributed by atoms with Crippen LogP contribution in [-0.4, -0.2) is 37.7 Å². The van der Waals surface area contributed by atoms with Crippen molar-refractivity contribution in [2.45, 2.75) is 50.9 Å². The van der Waals surface area contributed by atoms with Crippen molar-refractivity contribution in [1.82, 2.24) is 10.1 Å². The van der Waals surface area contributed by atoms with Crippen LogP contribution in [0.2, 0.25) is 5.02 Å². The first-order valence-corrected chi connectivity index (χ1v) is 11.9. The van der Waals surface area contributed by atoms with Gasteiger partial charge in [-0.25, -0.2) is 0 Å². The Labute approximate surface area is 187 Å². The minimum Gasteiger partial charge on any atom is -0.489 e. The van der Waals surface area contributed by atoms with Gasteiger partial charge >= 0.3 is 0 Å². The van der Waals surface area contributed by atoms with Gasteiger partial charge < -0.3 is 24.4 Å². The Morgan fingerprint density at radius 3 is 2.52 bits per heavy atom. The molecule has 0 bridgehead atoms. The fourth-order valence-electron chi connectivity index (χ4n) is 3.69. The molecule has 1 aromatic heterocycles. The predicted octanol–water partition coefficient (Wildman–Crippen LogP) is 5.47. The number of aromatic nitrogens is 2. The Hall–Kier alpha value is -2.18. The summed E-state index contributed by atoms with van der Waals surface area (Å²) in [4.78, 5) is 23.3. The second-order valence-corrected chi connectivity index (χ2v) is 9.72. The number of nitrogens with zero attached hydrogens (tertiary/aromatic N) is 2. The highest BCUT2D eigenvalue weighted by molar-refractivity contribution is 7.45. The number of anilines is 1. The summed E-state index contributed by atoms with van der Waals surface area (Å²) in [5, 5.41) is 8.03. The summed E-state index contributed by atoms with van der Waals surface area (Å²) < 4.78 is 11.1. The molecule has 1 saturated carbocycles. The van der Waals surface area contributed by atoms with Crippen molar-refractivity contribution in [3.63, 3.8) is 0 Å². The lowest BCUT2D eigenvalue weighted by Crippen LogP contribution is -2.16. The molecule has 0 aliphatic heterocycles. The molecule has 3 aromatic rings. The highest BCUT2D eigenvalue weighted by atomic mass is 35.5. The fourth-order valence-corrected chi connectivity index (χ4v) is 4.74. The predicted molar refractivity (Wildman–Crippen MR) is 122 cm³/mol. The van der Waals surface area contributed by atoms with E-state index in [9.17, 15) is 9.79 Å². The van der Waals surface area contributed by atoms with Crippen LogP contribution in [0.4, 0.5) is 5.69 Å². The van der Waals surface area contributed by atoms with Crippen molar-refractivity contribution < 1.29 is 19.0 Å². The highest BCUT2D eigenvalue weighted by Gasteiger charge is 2.29. The summed E-state index contributed by atoms with van der Waals surface area (Å²) in [7, 11) is -1.85. The standard InChI is InChI=1S/C22H25ClN3O4P/c1-13(2)29-20-10-5-15(11-19(20)23)21-25-22(30-26-21)14-3-6-16(7-4-14)24-17-8-9-18(12-17)31(27)28/h3-7,10-11,13,17-18,24,27-28H,8-9,12H2,1-2H3. The van der Waals surface area contributed by atoms with Gasteiger partial charge in [0.1, 0.15) is 5.75 Å². The molecule has 0 radical (unpaired) electrons. The zero-order valence-electron chi connectivity index (χ0n) is 17.3. The first-order valence-electron chi connectivity index (χ1n) is 10.2. The lowest BCUT2D eigenvalue weighted by molar-refractivity contribution is 0.242. The molecular weight excluding hydrogens is 437 g/mol. The fraction of sp³-hybridized carbons (Fsp3) is 0.364. The minimum absolute atomic E-state index is 0.00286. The number of rotatable bonds is 7. The third kappa shape index (κ3) is 5.36. The van der Waals surface area contributed by atoms with Crippen LogP contribution in [0.3, 0.4) is 0 Å². The molecule has 4 rings (SSSR count). The van der Waals surface area contributed by atoms with Crippen molar-refractivity contribution in [3.05, 3.63) is 47.5 Å². The summed E-state index contributed by atoms with van der Waals surface area (Å²) in [6, 6.07) is 13.4. The smallest absolute Gasteiger partial charge is 0.258 e. The van der Waals surface area contributed by atoms with Crippen molar-refractivity contribution in [1.29, 1.82) is 0 Å². The number of hydrogen-bond donors (Lipinski definition) is 3. The van der Waals surface area contributed by atoms with Crippen LogP contribution in [0.1, 0.15) is 33.1 Å². The van der Waals surface area contributed by atoms with Crippen LogP contribution in [0, 0.1) is 0 Å².